The van der Waals surface area contributed by atoms with Crippen LogP contribution in [0.2, 0.25) is 0 Å². The predicted molar refractivity (Wildman–Crippen MR) is 120 cm³/mol. The molecule has 14 heteroatoms. The highest BCUT2D eigenvalue weighted by molar-refractivity contribution is 5.90. The summed E-state index contributed by atoms with van der Waals surface area (Å²) in [5.41, 5.74) is 0.0643. The van der Waals surface area contributed by atoms with E-state index >= 15 is 8.78 Å². The van der Waals surface area contributed by atoms with E-state index in [1.165, 1.54) is 22.0 Å². The summed E-state index contributed by atoms with van der Waals surface area (Å²) in [6, 6.07) is 2.22. The zero-order valence-corrected chi connectivity index (χ0v) is 19.5. The second-order valence-corrected chi connectivity index (χ2v) is 8.52. The van der Waals surface area contributed by atoms with Crippen LogP contribution in [0.15, 0.2) is 30.7 Å². The summed E-state index contributed by atoms with van der Waals surface area (Å²) in [6.07, 6.45) is 4.57. The first kappa shape index (κ1) is 23.6. The minimum atomic E-state index is -0.763. The van der Waals surface area contributed by atoms with Crippen molar-refractivity contribution in [3.63, 3.8) is 0 Å². The number of piperidine rings is 1. The van der Waals surface area contributed by atoms with Crippen molar-refractivity contribution in [2.45, 2.75) is 38.5 Å². The van der Waals surface area contributed by atoms with Gasteiger partial charge in [-0.1, -0.05) is 10.4 Å². The van der Waals surface area contributed by atoms with Crippen molar-refractivity contribution in [1.29, 1.82) is 0 Å². The zero-order chi connectivity index (χ0) is 25.2. The van der Waals surface area contributed by atoms with E-state index in [-0.39, 0.29) is 42.8 Å². The molecule has 5 rings (SSSR count). The summed E-state index contributed by atoms with van der Waals surface area (Å²) in [5, 5.41) is 15.4. The predicted octanol–water partition coefficient (Wildman–Crippen LogP) is 2.19. The van der Waals surface area contributed by atoms with E-state index in [0.717, 1.165) is 12.1 Å². The van der Waals surface area contributed by atoms with Crippen LogP contribution < -0.4 is 9.80 Å². The number of nitrogens with zero attached hydrogens (tertiary/aromatic N) is 8. The smallest absolute Gasteiger partial charge is 0.414 e. The summed E-state index contributed by atoms with van der Waals surface area (Å²) >= 11 is 0. The first-order valence-corrected chi connectivity index (χ1v) is 11.6. The number of rotatable bonds is 7. The molecule has 36 heavy (non-hydrogen) atoms. The topological polar surface area (TPSA) is 120 Å². The number of aromatic nitrogens is 6. The van der Waals surface area contributed by atoms with Crippen LogP contribution in [0, 0.1) is 11.6 Å². The Labute approximate surface area is 204 Å². The van der Waals surface area contributed by atoms with Gasteiger partial charge in [0.05, 0.1) is 43.8 Å². The molecule has 0 radical (unpaired) electrons. The Morgan fingerprint density at radius 1 is 1.19 bits per heavy atom. The van der Waals surface area contributed by atoms with Gasteiger partial charge in [-0.15, -0.1) is 10.2 Å². The SMILES string of the molecule is CCOC(=O)c1cn(C2CCN(c3c(F)cc(N4C[C@H](Cn5ccnn5)OC4=O)cc3F)CC2)nn1. The minimum Gasteiger partial charge on any atom is -0.461 e. The average molecular weight is 502 g/mol. The highest BCUT2D eigenvalue weighted by Crippen LogP contribution is 2.34. The first-order chi connectivity index (χ1) is 17.4. The summed E-state index contributed by atoms with van der Waals surface area (Å²) < 4.78 is 43.6. The second kappa shape index (κ2) is 9.87. The molecule has 1 amide bonds. The Morgan fingerprint density at radius 3 is 2.61 bits per heavy atom. The molecule has 4 heterocycles. The van der Waals surface area contributed by atoms with Crippen molar-refractivity contribution in [1.82, 2.24) is 30.0 Å². The van der Waals surface area contributed by atoms with Gasteiger partial charge in [0.15, 0.2) is 17.3 Å². The van der Waals surface area contributed by atoms with Crippen molar-refractivity contribution in [2.75, 3.05) is 36.0 Å². The highest BCUT2D eigenvalue weighted by Gasteiger charge is 2.34. The van der Waals surface area contributed by atoms with Gasteiger partial charge in [-0.25, -0.2) is 27.7 Å². The van der Waals surface area contributed by atoms with Gasteiger partial charge in [0.1, 0.15) is 11.8 Å². The maximum absolute atomic E-state index is 15.1. The normalized spacial score (nSPS) is 18.5. The highest BCUT2D eigenvalue weighted by atomic mass is 19.1. The molecule has 0 N–H and O–H groups in total. The number of carbonyl (C=O) groups excluding carboxylic acids is 2. The van der Waals surface area contributed by atoms with Crippen LogP contribution >= 0.6 is 0 Å². The third kappa shape index (κ3) is 4.70. The Kier molecular flexibility index (Phi) is 6.48. The number of halogens is 2. The summed E-state index contributed by atoms with van der Waals surface area (Å²) in [5.74, 6) is -2.07. The number of ether oxygens (including phenoxy) is 2. The van der Waals surface area contributed by atoms with Gasteiger partial charge >= 0.3 is 12.1 Å². The number of benzene rings is 1. The Morgan fingerprint density at radius 2 is 1.94 bits per heavy atom. The van der Waals surface area contributed by atoms with Gasteiger partial charge in [0.25, 0.3) is 0 Å². The molecule has 3 aromatic rings. The molecule has 190 valence electrons. The molecule has 0 bridgehead atoms. The number of amides is 1. The first-order valence-electron chi connectivity index (χ1n) is 11.6. The Bertz CT molecular complexity index is 1220. The largest absolute Gasteiger partial charge is 0.461 e. The summed E-state index contributed by atoms with van der Waals surface area (Å²) in [4.78, 5) is 27.0. The fraction of sp³-hybridized carbons (Fsp3) is 0.455. The molecule has 2 aromatic heterocycles. The summed E-state index contributed by atoms with van der Waals surface area (Å²) in [7, 11) is 0. The van der Waals surface area contributed by atoms with Crippen LogP contribution in [0.25, 0.3) is 0 Å². The number of anilines is 2. The van der Waals surface area contributed by atoms with E-state index < -0.39 is 29.8 Å². The van der Waals surface area contributed by atoms with Crippen molar-refractivity contribution in [2.24, 2.45) is 0 Å². The van der Waals surface area contributed by atoms with E-state index in [2.05, 4.69) is 20.6 Å². The van der Waals surface area contributed by atoms with Gasteiger partial charge in [-0.05, 0) is 19.8 Å². The molecule has 0 spiro atoms. The maximum atomic E-state index is 15.1. The van der Waals surface area contributed by atoms with Crippen molar-refractivity contribution in [3.05, 3.63) is 48.1 Å². The van der Waals surface area contributed by atoms with Crippen LogP contribution in [0.1, 0.15) is 36.3 Å². The van der Waals surface area contributed by atoms with Crippen LogP contribution in [0.3, 0.4) is 0 Å². The van der Waals surface area contributed by atoms with Gasteiger partial charge in [0.2, 0.25) is 0 Å². The molecule has 2 saturated heterocycles. The van der Waals surface area contributed by atoms with E-state index in [1.807, 2.05) is 0 Å². The lowest BCUT2D eigenvalue weighted by Gasteiger charge is -2.34. The van der Waals surface area contributed by atoms with Crippen LogP contribution in [0.5, 0.6) is 0 Å². The van der Waals surface area contributed by atoms with Gasteiger partial charge in [0, 0.05) is 31.4 Å². The molecular formula is C22H24F2N8O4. The second-order valence-electron chi connectivity index (χ2n) is 8.52. The van der Waals surface area contributed by atoms with E-state index in [9.17, 15) is 9.59 Å². The molecule has 1 atom stereocenters. The number of hydrogen-bond acceptors (Lipinski definition) is 9. The van der Waals surface area contributed by atoms with Gasteiger partial charge < -0.3 is 14.4 Å². The number of esters is 1. The standard InChI is InChI=1S/C22H24F2N8O4/c1-2-35-21(33)19-13-32(28-26-19)14-3-6-29(7-4-14)20-17(23)9-15(10-18(20)24)31-12-16(36-22(31)34)11-30-8-5-25-27-30/h5,8-10,13-14,16H,2-4,6-7,11-12H2,1H3/t16-/m0/s1. The van der Waals surface area contributed by atoms with Crippen molar-refractivity contribution >= 4 is 23.4 Å². The zero-order valence-electron chi connectivity index (χ0n) is 19.5. The average Bonchev–Trinajstić information content (AvgIpc) is 3.61. The molecule has 2 fully saturated rings. The van der Waals surface area contributed by atoms with Crippen molar-refractivity contribution in [3.8, 4) is 0 Å². The lowest BCUT2D eigenvalue weighted by Crippen LogP contribution is -2.36. The van der Waals surface area contributed by atoms with E-state index in [0.29, 0.717) is 25.9 Å². The molecular weight excluding hydrogens is 478 g/mol. The van der Waals surface area contributed by atoms with E-state index in [1.54, 1.807) is 22.7 Å². The molecule has 12 nitrogen and oxygen atoms in total. The molecule has 0 saturated carbocycles. The van der Waals surface area contributed by atoms with E-state index in [4.69, 9.17) is 9.47 Å². The lowest BCUT2D eigenvalue weighted by atomic mass is 10.0. The monoisotopic (exact) mass is 502 g/mol. The van der Waals surface area contributed by atoms with Crippen LogP contribution in [-0.4, -0.2) is 74.4 Å². The number of hydrogen-bond donors (Lipinski definition) is 0. The third-order valence-corrected chi connectivity index (χ3v) is 6.20. The summed E-state index contributed by atoms with van der Waals surface area (Å²) in [6.45, 7) is 3.11. The fourth-order valence-electron chi connectivity index (χ4n) is 4.48. The fourth-order valence-corrected chi connectivity index (χ4v) is 4.48. The van der Waals surface area contributed by atoms with Gasteiger partial charge in [-0.2, -0.15) is 0 Å². The number of cyclic esters (lactones) is 1. The Hall–Kier alpha value is -4.10. The molecule has 2 aliphatic rings. The lowest BCUT2D eigenvalue weighted by molar-refractivity contribution is 0.0519. The number of carbonyl (C=O) groups is 2. The minimum absolute atomic E-state index is 0.0661. The molecule has 0 aliphatic carbocycles. The molecule has 2 aliphatic heterocycles. The molecule has 0 unspecified atom stereocenters. The quantitative estimate of drug-likeness (QED) is 0.448. The third-order valence-electron chi connectivity index (χ3n) is 6.20. The van der Waals surface area contributed by atoms with Gasteiger partial charge in [-0.3, -0.25) is 4.90 Å². The maximum Gasteiger partial charge on any atom is 0.414 e. The van der Waals surface area contributed by atoms with Crippen LogP contribution in [0.4, 0.5) is 25.0 Å². The van der Waals surface area contributed by atoms with Crippen LogP contribution in [-0.2, 0) is 16.0 Å². The Balaban J connectivity index is 1.24. The molecule has 1 aromatic carbocycles. The van der Waals surface area contributed by atoms with Crippen molar-refractivity contribution < 1.29 is 27.8 Å².